The van der Waals surface area contributed by atoms with Crippen LogP contribution in [0.1, 0.15) is 41.5 Å². The van der Waals surface area contributed by atoms with Crippen molar-refractivity contribution >= 4 is 16.1 Å². The van der Waals surface area contributed by atoms with Crippen molar-refractivity contribution in [3.05, 3.63) is 82.7 Å². The summed E-state index contributed by atoms with van der Waals surface area (Å²) in [6.07, 6.45) is 30.6. The minimum atomic E-state index is -0.981. The van der Waals surface area contributed by atoms with Crippen LogP contribution in [0.15, 0.2) is 0 Å². The summed E-state index contributed by atoms with van der Waals surface area (Å²) in [6.45, 7) is 25.8. The molecule has 0 bridgehead atoms. The molecule has 0 N–H and O–H groups in total. The molecule has 0 aromatic carbocycles. The van der Waals surface area contributed by atoms with E-state index < -0.39 is 16.1 Å². The fourth-order valence-corrected chi connectivity index (χ4v) is 4.13. The van der Waals surface area contributed by atoms with Gasteiger partial charge in [0.05, 0.1) is 16.1 Å². The summed E-state index contributed by atoms with van der Waals surface area (Å²) in [5.74, 6) is 4.71. The first-order valence-corrected chi connectivity index (χ1v) is 17.7. The van der Waals surface area contributed by atoms with Gasteiger partial charge in [-0.2, -0.15) is 0 Å². The zero-order valence-corrected chi connectivity index (χ0v) is 27.9. The molecule has 2 rings (SSSR count). The van der Waals surface area contributed by atoms with E-state index in [0.717, 1.165) is 0 Å². The quantitative estimate of drug-likeness (QED) is 0.181. The molecule has 0 nitrogen and oxygen atoms in total. The van der Waals surface area contributed by atoms with Crippen molar-refractivity contribution in [3.8, 4) is 11.8 Å². The molecular weight excluding hydrogens is 516 g/mol. The van der Waals surface area contributed by atoms with Gasteiger partial charge >= 0.3 is 38.8 Å². The molecule has 0 aromatic heterocycles. The number of hydrogen-bond donors (Lipinski definition) is 0. The predicted molar refractivity (Wildman–Crippen MR) is 147 cm³/mol. The Bertz CT molecular complexity index is 469. The summed E-state index contributed by atoms with van der Waals surface area (Å²) in [6, 6.07) is 0. The molecule has 184 valence electrons. The maximum atomic E-state index is 6.60. The molecule has 0 amide bonds. The monoisotopic (exact) mass is 562 g/mol. The summed E-state index contributed by atoms with van der Waals surface area (Å²) >= 11 is 0. The Morgan fingerprint density at radius 3 is 0.788 bits per heavy atom. The molecule has 33 heavy (non-hydrogen) atoms. The third-order valence-corrected chi connectivity index (χ3v) is 7.94. The molecule has 4 heteroatoms. The van der Waals surface area contributed by atoms with Crippen molar-refractivity contribution in [3.63, 3.8) is 0 Å². The van der Waals surface area contributed by atoms with Gasteiger partial charge in [-0.3, -0.25) is 0 Å². The van der Waals surface area contributed by atoms with Gasteiger partial charge in [0.15, 0.2) is 0 Å². The zero-order chi connectivity index (χ0) is 24.2. The maximum Gasteiger partial charge on any atom is 4.00 e. The van der Waals surface area contributed by atoms with Crippen molar-refractivity contribution in [2.75, 3.05) is 0 Å². The van der Waals surface area contributed by atoms with E-state index >= 15 is 0 Å². The largest absolute Gasteiger partial charge is 4.00 e. The van der Waals surface area contributed by atoms with E-state index in [1.807, 2.05) is 41.5 Å². The minimum absolute atomic E-state index is 0. The second kappa shape index (κ2) is 19.9. The average molecular weight is 563 g/mol. The maximum absolute atomic E-state index is 6.60. The van der Waals surface area contributed by atoms with Crippen LogP contribution in [0.2, 0.25) is 39.3 Å². The van der Waals surface area contributed by atoms with Crippen LogP contribution in [0, 0.1) is 105 Å². The topological polar surface area (TPSA) is 0 Å². The van der Waals surface area contributed by atoms with E-state index in [2.05, 4.69) is 102 Å². The van der Waals surface area contributed by atoms with Crippen LogP contribution in [0.5, 0.6) is 0 Å². The van der Waals surface area contributed by atoms with E-state index in [9.17, 15) is 0 Å². The zero-order valence-electron chi connectivity index (χ0n) is 23.4. The SMILES string of the molecule is C[Si](C)(C)[C]1[CH][CH][CH][CH]1.C[Si](C)(C)[C]1[CH][CH][CH][CH]1.[C-]#CC(C)(C)C.[C-]#CC(C)(C)C.[CH3-].[Cu+].[Ti+4]. The molecule has 0 aliphatic heterocycles. The third-order valence-electron chi connectivity index (χ3n) is 3.81. The van der Waals surface area contributed by atoms with Gasteiger partial charge in [-0.05, 0) is 73.3 Å². The van der Waals surface area contributed by atoms with E-state index in [1.165, 1.54) is 0 Å². The molecule has 10 radical (unpaired) electrons. The van der Waals surface area contributed by atoms with Crippen LogP contribution in [0.25, 0.3) is 0 Å². The van der Waals surface area contributed by atoms with Crippen molar-refractivity contribution < 1.29 is 38.8 Å². The molecule has 0 aromatic rings. The standard InChI is InChI=1S/2C8H13Si.2C6H9.CH3.Cu.Ti/c2*1-9(2,3)8-6-4-5-7-8;2*1-5-6(2,3)4;;;/h2*4-7H,1-3H3;2*2-4H3;1H3;;/q;;3*-1;+1;+4. The van der Waals surface area contributed by atoms with Crippen LogP contribution in [0.3, 0.4) is 0 Å². The summed E-state index contributed by atoms with van der Waals surface area (Å²) < 4.78 is 0. The van der Waals surface area contributed by atoms with Gasteiger partial charge in [0.1, 0.15) is 0 Å². The molecule has 0 atom stereocenters. The minimum Gasteiger partial charge on any atom is -0.693 e. The van der Waals surface area contributed by atoms with Crippen molar-refractivity contribution in [1.82, 2.24) is 0 Å². The van der Waals surface area contributed by atoms with E-state index in [0.29, 0.717) is 0 Å². The summed E-state index contributed by atoms with van der Waals surface area (Å²) in [5.41, 5.74) is 3.03. The number of hydrogen-bond acceptors (Lipinski definition) is 0. The fourth-order valence-electron chi connectivity index (χ4n) is 1.75. The van der Waals surface area contributed by atoms with Crippen molar-refractivity contribution in [2.24, 2.45) is 10.8 Å². The van der Waals surface area contributed by atoms with Gasteiger partial charge in [-0.1, -0.05) is 80.8 Å². The van der Waals surface area contributed by atoms with Gasteiger partial charge in [-0.15, -0.1) is 0 Å². The Morgan fingerprint density at radius 2 is 0.727 bits per heavy atom. The first-order chi connectivity index (χ1) is 13.3. The normalized spacial score (nSPS) is 16.3. The Morgan fingerprint density at radius 1 is 0.576 bits per heavy atom. The molecule has 2 aliphatic carbocycles. The van der Waals surface area contributed by atoms with Gasteiger partial charge in [0, 0.05) is 0 Å². The summed E-state index contributed by atoms with van der Waals surface area (Å²) in [7, 11) is -1.96. The van der Waals surface area contributed by atoms with Gasteiger partial charge in [-0.25, -0.2) is 0 Å². The van der Waals surface area contributed by atoms with Crippen LogP contribution < -0.4 is 0 Å². The second-order valence-electron chi connectivity index (χ2n) is 11.6. The third kappa shape index (κ3) is 28.9. The second-order valence-corrected chi connectivity index (χ2v) is 21.8. The number of rotatable bonds is 2. The first-order valence-electron chi connectivity index (χ1n) is 10.7. The van der Waals surface area contributed by atoms with Crippen molar-refractivity contribution in [2.45, 2.75) is 80.8 Å². The van der Waals surface area contributed by atoms with Gasteiger partial charge < -0.3 is 32.1 Å². The average Bonchev–Trinajstić information content (AvgIpc) is 3.27. The van der Waals surface area contributed by atoms with E-state index in [1.54, 1.807) is 11.1 Å². The van der Waals surface area contributed by atoms with E-state index in [-0.39, 0.29) is 57.0 Å². The molecular formula is C29H47CuSi2Ti+2. The Labute approximate surface area is 239 Å². The molecule has 2 saturated carbocycles. The van der Waals surface area contributed by atoms with Crippen LogP contribution >= 0.6 is 0 Å². The van der Waals surface area contributed by atoms with Crippen LogP contribution in [-0.4, -0.2) is 16.1 Å². The van der Waals surface area contributed by atoms with Crippen LogP contribution in [-0.2, 0) is 38.8 Å². The Hall–Kier alpha value is 0.788. The first kappa shape index (κ1) is 43.8. The van der Waals surface area contributed by atoms with E-state index in [4.69, 9.17) is 12.8 Å². The van der Waals surface area contributed by atoms with Crippen LogP contribution in [0.4, 0.5) is 0 Å². The Kier molecular flexibility index (Phi) is 26.4. The van der Waals surface area contributed by atoms with Gasteiger partial charge in [0.2, 0.25) is 0 Å². The molecule has 2 fully saturated rings. The van der Waals surface area contributed by atoms with Gasteiger partial charge in [0.25, 0.3) is 0 Å². The molecule has 0 spiro atoms. The predicted octanol–water partition coefficient (Wildman–Crippen LogP) is 8.23. The fraction of sp³-hybridized carbons (Fsp3) is 0.483. The summed E-state index contributed by atoms with van der Waals surface area (Å²) in [4.78, 5) is 0. The Balaban J connectivity index is -0.000000105. The van der Waals surface area contributed by atoms with Crippen molar-refractivity contribution in [1.29, 1.82) is 0 Å². The smallest absolute Gasteiger partial charge is 0.693 e. The molecule has 2 aliphatic rings. The summed E-state index contributed by atoms with van der Waals surface area (Å²) in [5, 5.41) is 0. The molecule has 0 saturated heterocycles. The molecule has 0 heterocycles. The molecule has 0 unspecified atom stereocenters.